The summed E-state index contributed by atoms with van der Waals surface area (Å²) in [5.41, 5.74) is 1.82. The molecule has 8 nitrogen and oxygen atoms in total. The third-order valence-electron chi connectivity index (χ3n) is 5.46. The SMILES string of the molecule is CC1CN(S(=O)(=O)c2ccc(NC(=O)c3cc(-c4ccc(Br)cc4)on3)cc2)c2ccccc2O1. The average molecular weight is 554 g/mol. The van der Waals surface area contributed by atoms with Crippen LogP contribution in [0.25, 0.3) is 11.3 Å². The van der Waals surface area contributed by atoms with E-state index < -0.39 is 15.9 Å². The van der Waals surface area contributed by atoms with Crippen molar-refractivity contribution in [1.82, 2.24) is 5.16 Å². The highest BCUT2D eigenvalue weighted by Gasteiger charge is 2.32. The molecule has 0 aliphatic carbocycles. The number of aromatic nitrogens is 1. The van der Waals surface area contributed by atoms with Crippen molar-refractivity contribution >= 4 is 43.2 Å². The number of benzene rings is 3. The van der Waals surface area contributed by atoms with E-state index >= 15 is 0 Å². The van der Waals surface area contributed by atoms with Gasteiger partial charge in [-0.3, -0.25) is 9.10 Å². The van der Waals surface area contributed by atoms with Gasteiger partial charge in [-0.15, -0.1) is 0 Å². The molecule has 0 bridgehead atoms. The summed E-state index contributed by atoms with van der Waals surface area (Å²) in [5.74, 6) is 0.515. The molecule has 4 aromatic rings. The number of amides is 1. The molecular weight excluding hydrogens is 534 g/mol. The molecule has 3 aromatic carbocycles. The Morgan fingerprint density at radius 1 is 1.06 bits per heavy atom. The first kappa shape index (κ1) is 23.1. The van der Waals surface area contributed by atoms with Crippen LogP contribution in [-0.4, -0.2) is 32.1 Å². The number of nitrogens with one attached hydrogen (secondary N) is 1. The molecule has 1 N–H and O–H groups in total. The molecule has 35 heavy (non-hydrogen) atoms. The quantitative estimate of drug-likeness (QED) is 0.358. The molecule has 0 fully saturated rings. The van der Waals surface area contributed by atoms with Crippen molar-refractivity contribution in [1.29, 1.82) is 0 Å². The maximum Gasteiger partial charge on any atom is 0.277 e. The van der Waals surface area contributed by atoms with Gasteiger partial charge in [0.05, 0.1) is 17.1 Å². The van der Waals surface area contributed by atoms with Crippen molar-refractivity contribution in [3.8, 4) is 17.1 Å². The predicted octanol–water partition coefficient (Wildman–Crippen LogP) is 5.33. The van der Waals surface area contributed by atoms with E-state index in [1.165, 1.54) is 28.6 Å². The molecule has 2 heterocycles. The highest BCUT2D eigenvalue weighted by atomic mass is 79.9. The number of rotatable bonds is 5. The summed E-state index contributed by atoms with van der Waals surface area (Å²) in [6.45, 7) is 2.02. The molecule has 0 spiro atoms. The monoisotopic (exact) mass is 553 g/mol. The number of sulfonamides is 1. The lowest BCUT2D eigenvalue weighted by molar-refractivity contribution is 0.101. The predicted molar refractivity (Wildman–Crippen MR) is 135 cm³/mol. The molecule has 0 saturated heterocycles. The number of ether oxygens (including phenoxy) is 1. The Kier molecular flexibility index (Phi) is 6.08. The summed E-state index contributed by atoms with van der Waals surface area (Å²) < 4.78 is 40.1. The molecule has 178 valence electrons. The van der Waals surface area contributed by atoms with Gasteiger partial charge in [0, 0.05) is 21.8 Å². The molecule has 0 radical (unpaired) electrons. The van der Waals surface area contributed by atoms with Crippen LogP contribution in [0.1, 0.15) is 17.4 Å². The van der Waals surface area contributed by atoms with Crippen LogP contribution in [0, 0.1) is 0 Å². The number of carbonyl (C=O) groups is 1. The van der Waals surface area contributed by atoms with E-state index in [1.807, 2.05) is 31.2 Å². The lowest BCUT2D eigenvalue weighted by Gasteiger charge is -2.34. The van der Waals surface area contributed by atoms with Gasteiger partial charge in [0.2, 0.25) is 0 Å². The fourth-order valence-corrected chi connectivity index (χ4v) is 5.56. The van der Waals surface area contributed by atoms with E-state index in [0.717, 1.165) is 10.0 Å². The van der Waals surface area contributed by atoms with Gasteiger partial charge in [-0.1, -0.05) is 45.4 Å². The van der Waals surface area contributed by atoms with Gasteiger partial charge in [-0.25, -0.2) is 8.42 Å². The fourth-order valence-electron chi connectivity index (χ4n) is 3.74. The Labute approximate surface area is 210 Å². The summed E-state index contributed by atoms with van der Waals surface area (Å²) in [4.78, 5) is 12.7. The van der Waals surface area contributed by atoms with Gasteiger partial charge in [-0.05, 0) is 55.5 Å². The largest absolute Gasteiger partial charge is 0.487 e. The van der Waals surface area contributed by atoms with E-state index in [0.29, 0.717) is 22.9 Å². The Morgan fingerprint density at radius 2 is 1.77 bits per heavy atom. The zero-order chi connectivity index (χ0) is 24.6. The van der Waals surface area contributed by atoms with Crippen molar-refractivity contribution in [2.75, 3.05) is 16.2 Å². The summed E-state index contributed by atoms with van der Waals surface area (Å²) in [6, 6.07) is 22.0. The summed E-state index contributed by atoms with van der Waals surface area (Å²) in [5, 5.41) is 6.56. The molecule has 1 atom stereocenters. The number of hydrogen-bond donors (Lipinski definition) is 1. The molecule has 5 rings (SSSR count). The Bertz CT molecular complexity index is 1480. The zero-order valence-corrected chi connectivity index (χ0v) is 20.9. The number of anilines is 2. The summed E-state index contributed by atoms with van der Waals surface area (Å²) in [6.07, 6.45) is -0.289. The fraction of sp³-hybridized carbons (Fsp3) is 0.120. The van der Waals surface area contributed by atoms with Crippen molar-refractivity contribution < 1.29 is 22.5 Å². The maximum atomic E-state index is 13.4. The van der Waals surface area contributed by atoms with Crippen LogP contribution in [0.15, 0.2) is 92.8 Å². The van der Waals surface area contributed by atoms with Crippen LogP contribution < -0.4 is 14.4 Å². The number of carbonyl (C=O) groups excluding carboxylic acids is 1. The molecule has 1 aliphatic rings. The first-order valence-corrected chi connectivity index (χ1v) is 13.0. The van der Waals surface area contributed by atoms with E-state index in [2.05, 4.69) is 26.4 Å². The molecule has 0 saturated carbocycles. The van der Waals surface area contributed by atoms with Crippen molar-refractivity contribution in [3.05, 3.63) is 89.0 Å². The summed E-state index contributed by atoms with van der Waals surface area (Å²) >= 11 is 3.38. The molecular formula is C25H20BrN3O5S. The highest BCUT2D eigenvalue weighted by Crippen LogP contribution is 2.36. The normalized spacial score (nSPS) is 15.3. The first-order valence-electron chi connectivity index (χ1n) is 10.7. The zero-order valence-electron chi connectivity index (χ0n) is 18.5. The highest BCUT2D eigenvalue weighted by molar-refractivity contribution is 9.10. The second-order valence-corrected chi connectivity index (χ2v) is 10.8. The lowest BCUT2D eigenvalue weighted by atomic mass is 10.1. The topological polar surface area (TPSA) is 102 Å². The van der Waals surface area contributed by atoms with Gasteiger partial charge < -0.3 is 14.6 Å². The third-order valence-corrected chi connectivity index (χ3v) is 7.78. The van der Waals surface area contributed by atoms with Gasteiger partial charge in [-0.2, -0.15) is 0 Å². The number of nitrogens with zero attached hydrogens (tertiary/aromatic N) is 2. The second kappa shape index (κ2) is 9.20. The van der Waals surface area contributed by atoms with Crippen LogP contribution >= 0.6 is 15.9 Å². The van der Waals surface area contributed by atoms with Gasteiger partial charge >= 0.3 is 0 Å². The summed E-state index contributed by atoms with van der Waals surface area (Å²) in [7, 11) is -3.83. The number of halogens is 1. The minimum atomic E-state index is -3.83. The molecule has 1 aliphatic heterocycles. The minimum absolute atomic E-state index is 0.110. The number of para-hydroxylation sites is 2. The van der Waals surface area contributed by atoms with Crippen LogP contribution in [0.4, 0.5) is 11.4 Å². The molecule has 10 heteroatoms. The van der Waals surface area contributed by atoms with Crippen molar-refractivity contribution in [2.45, 2.75) is 17.9 Å². The first-order chi connectivity index (χ1) is 16.8. The maximum absolute atomic E-state index is 13.4. The van der Waals surface area contributed by atoms with Crippen molar-refractivity contribution in [3.63, 3.8) is 0 Å². The number of fused-ring (bicyclic) bond motifs is 1. The van der Waals surface area contributed by atoms with Crippen LogP contribution in [-0.2, 0) is 10.0 Å². The Morgan fingerprint density at radius 3 is 2.51 bits per heavy atom. The Balaban J connectivity index is 1.32. The van der Waals surface area contributed by atoms with Gasteiger partial charge in [0.25, 0.3) is 15.9 Å². The lowest BCUT2D eigenvalue weighted by Crippen LogP contribution is -2.42. The van der Waals surface area contributed by atoms with E-state index in [-0.39, 0.29) is 23.2 Å². The standard InChI is InChI=1S/C25H20BrN3O5S/c1-16-15-29(22-4-2-3-5-23(22)33-16)35(31,32)20-12-10-19(11-13-20)27-25(30)21-14-24(34-28-21)17-6-8-18(26)9-7-17/h2-14,16H,15H2,1H3,(H,27,30). The molecule has 1 aromatic heterocycles. The van der Waals surface area contributed by atoms with Crippen LogP contribution in [0.5, 0.6) is 5.75 Å². The number of hydrogen-bond acceptors (Lipinski definition) is 6. The minimum Gasteiger partial charge on any atom is -0.487 e. The van der Waals surface area contributed by atoms with Gasteiger partial charge in [0.1, 0.15) is 11.9 Å². The van der Waals surface area contributed by atoms with Crippen molar-refractivity contribution in [2.24, 2.45) is 0 Å². The van der Waals surface area contributed by atoms with E-state index in [9.17, 15) is 13.2 Å². The Hall–Kier alpha value is -3.63. The third kappa shape index (κ3) is 4.67. The van der Waals surface area contributed by atoms with Crippen LogP contribution in [0.2, 0.25) is 0 Å². The van der Waals surface area contributed by atoms with E-state index in [1.54, 1.807) is 30.3 Å². The van der Waals surface area contributed by atoms with Gasteiger partial charge in [0.15, 0.2) is 11.5 Å². The van der Waals surface area contributed by atoms with Crippen LogP contribution in [0.3, 0.4) is 0 Å². The molecule has 1 amide bonds. The molecule has 1 unspecified atom stereocenters. The average Bonchev–Trinajstić information content (AvgIpc) is 3.35. The van der Waals surface area contributed by atoms with E-state index in [4.69, 9.17) is 9.26 Å². The second-order valence-electron chi connectivity index (χ2n) is 7.99. The smallest absolute Gasteiger partial charge is 0.277 e.